The van der Waals surface area contributed by atoms with E-state index in [4.69, 9.17) is 0 Å². The molecule has 0 aromatic heterocycles. The molecule has 4 rings (SSSR count). The highest BCUT2D eigenvalue weighted by atomic mass is 32.2. The smallest absolute Gasteiger partial charge is 0.262 e. The lowest BCUT2D eigenvalue weighted by molar-refractivity contribution is -0.120. The van der Waals surface area contributed by atoms with Crippen molar-refractivity contribution >= 4 is 47.0 Å². The first-order valence-corrected chi connectivity index (χ1v) is 11.0. The molecule has 2 aliphatic rings. The van der Waals surface area contributed by atoms with Crippen LogP contribution in [-0.4, -0.2) is 64.4 Å². The third-order valence-corrected chi connectivity index (χ3v) is 6.04. The summed E-state index contributed by atoms with van der Waals surface area (Å²) in [6.45, 7) is 0. The van der Waals surface area contributed by atoms with E-state index in [0.717, 1.165) is 9.80 Å². The molecule has 158 valence electrons. The molecule has 31 heavy (non-hydrogen) atoms. The Morgan fingerprint density at radius 2 is 1.48 bits per heavy atom. The quantitative estimate of drug-likeness (QED) is 0.696. The van der Waals surface area contributed by atoms with Crippen LogP contribution in [0.1, 0.15) is 47.9 Å². The van der Waals surface area contributed by atoms with E-state index in [0.29, 0.717) is 11.4 Å². The maximum Gasteiger partial charge on any atom is 0.262 e. The van der Waals surface area contributed by atoms with Crippen LogP contribution in [-0.2, 0) is 4.79 Å². The molecular formula is C22H19N3O5S. The van der Waals surface area contributed by atoms with E-state index >= 15 is 0 Å². The Morgan fingerprint density at radius 3 is 2.10 bits per heavy atom. The molecule has 1 N–H and O–H groups in total. The van der Waals surface area contributed by atoms with Gasteiger partial charge in [-0.05, 0) is 48.8 Å². The molecule has 2 aromatic carbocycles. The third-order valence-electron chi connectivity index (χ3n) is 5.39. The van der Waals surface area contributed by atoms with Gasteiger partial charge in [-0.25, -0.2) is 0 Å². The fraction of sp³-hybridized carbons (Fsp3) is 0.227. The Hall–Kier alpha value is -3.46. The summed E-state index contributed by atoms with van der Waals surface area (Å²) in [4.78, 5) is 65.2. The van der Waals surface area contributed by atoms with E-state index < -0.39 is 35.6 Å². The first-order valence-electron chi connectivity index (χ1n) is 9.58. The average molecular weight is 437 g/mol. The van der Waals surface area contributed by atoms with Gasteiger partial charge in [0.25, 0.3) is 23.6 Å². The first kappa shape index (κ1) is 20.8. The fourth-order valence-corrected chi connectivity index (χ4v) is 4.22. The number of carbonyl (C=O) groups excluding carboxylic acids is 5. The van der Waals surface area contributed by atoms with E-state index in [1.807, 2.05) is 6.26 Å². The van der Waals surface area contributed by atoms with Crippen molar-refractivity contribution in [3.05, 3.63) is 64.7 Å². The third kappa shape index (κ3) is 3.40. The Labute approximate surface area is 182 Å². The topological polar surface area (TPSA) is 104 Å². The van der Waals surface area contributed by atoms with Gasteiger partial charge in [0.15, 0.2) is 0 Å². The molecule has 2 aromatic rings. The standard InChI is InChI=1S/C22H19N3O5S/c1-24-19(27)15-8-7-12(11-16(15)20(24)28)23-18(26)17(9-10-31-2)25-21(29)13-5-3-4-6-14(13)22(25)30/h3-8,11,17H,9-10H2,1-2H3,(H,23,26)/t17-/m0/s1. The van der Waals surface area contributed by atoms with Crippen LogP contribution in [0.25, 0.3) is 0 Å². The number of nitrogens with zero attached hydrogens (tertiary/aromatic N) is 2. The minimum absolute atomic E-state index is 0.201. The summed E-state index contributed by atoms with van der Waals surface area (Å²) >= 11 is 1.50. The minimum atomic E-state index is -1.01. The van der Waals surface area contributed by atoms with Crippen LogP contribution in [0.2, 0.25) is 0 Å². The number of thioether (sulfide) groups is 1. The van der Waals surface area contributed by atoms with Crippen LogP contribution in [0.3, 0.4) is 0 Å². The lowest BCUT2D eigenvalue weighted by Crippen LogP contribution is -2.47. The number of anilines is 1. The average Bonchev–Trinajstić information content (AvgIpc) is 3.14. The second-order valence-electron chi connectivity index (χ2n) is 7.24. The summed E-state index contributed by atoms with van der Waals surface area (Å²) in [5, 5.41) is 2.70. The number of nitrogens with one attached hydrogen (secondary N) is 1. The Morgan fingerprint density at radius 1 is 0.903 bits per heavy atom. The van der Waals surface area contributed by atoms with Crippen molar-refractivity contribution in [3.8, 4) is 0 Å². The number of hydrogen-bond donors (Lipinski definition) is 1. The van der Waals surface area contributed by atoms with Crippen LogP contribution in [0, 0.1) is 0 Å². The molecule has 9 heteroatoms. The molecule has 0 saturated carbocycles. The van der Waals surface area contributed by atoms with Crippen molar-refractivity contribution in [1.82, 2.24) is 9.80 Å². The normalized spacial score (nSPS) is 15.9. The molecule has 2 aliphatic heterocycles. The van der Waals surface area contributed by atoms with Gasteiger partial charge in [-0.15, -0.1) is 0 Å². The summed E-state index contributed by atoms with van der Waals surface area (Å²) in [5.41, 5.74) is 1.33. The van der Waals surface area contributed by atoms with E-state index in [1.165, 1.54) is 37.0 Å². The molecule has 0 saturated heterocycles. The van der Waals surface area contributed by atoms with Crippen LogP contribution in [0.5, 0.6) is 0 Å². The van der Waals surface area contributed by atoms with Crippen molar-refractivity contribution < 1.29 is 24.0 Å². The zero-order valence-corrected chi connectivity index (χ0v) is 17.7. The molecular weight excluding hydrogens is 418 g/mol. The van der Waals surface area contributed by atoms with Gasteiger partial charge in [-0.2, -0.15) is 11.8 Å². The zero-order chi connectivity index (χ0) is 22.3. The predicted octanol–water partition coefficient (Wildman–Crippen LogP) is 2.27. The Bertz CT molecular complexity index is 1110. The van der Waals surface area contributed by atoms with E-state index in [-0.39, 0.29) is 28.7 Å². The lowest BCUT2D eigenvalue weighted by Gasteiger charge is -2.25. The van der Waals surface area contributed by atoms with E-state index in [2.05, 4.69) is 5.32 Å². The monoisotopic (exact) mass is 437 g/mol. The number of rotatable bonds is 6. The summed E-state index contributed by atoms with van der Waals surface area (Å²) < 4.78 is 0. The SMILES string of the molecule is CSCC[C@@H](C(=O)Nc1ccc2c(c1)C(=O)N(C)C2=O)N1C(=O)c2ccccc2C1=O. The second kappa shape index (κ2) is 7.99. The number of hydrogen-bond acceptors (Lipinski definition) is 6. The molecule has 0 spiro atoms. The predicted molar refractivity (Wildman–Crippen MR) is 115 cm³/mol. The maximum absolute atomic E-state index is 13.1. The van der Waals surface area contributed by atoms with Crippen molar-refractivity contribution in [2.24, 2.45) is 0 Å². The molecule has 0 fully saturated rings. The summed E-state index contributed by atoms with van der Waals surface area (Å²) in [6, 6.07) is 9.91. The second-order valence-corrected chi connectivity index (χ2v) is 8.23. The number of imide groups is 2. The van der Waals surface area contributed by atoms with Gasteiger partial charge in [0.2, 0.25) is 5.91 Å². The molecule has 0 bridgehead atoms. The molecule has 0 aliphatic carbocycles. The Balaban J connectivity index is 1.61. The van der Waals surface area contributed by atoms with Gasteiger partial charge >= 0.3 is 0 Å². The maximum atomic E-state index is 13.1. The largest absolute Gasteiger partial charge is 0.324 e. The molecule has 0 unspecified atom stereocenters. The number of carbonyl (C=O) groups is 5. The van der Waals surface area contributed by atoms with Gasteiger partial charge in [-0.1, -0.05) is 12.1 Å². The van der Waals surface area contributed by atoms with Crippen LogP contribution in [0.15, 0.2) is 42.5 Å². The van der Waals surface area contributed by atoms with Crippen LogP contribution in [0.4, 0.5) is 5.69 Å². The van der Waals surface area contributed by atoms with Gasteiger partial charge in [0.05, 0.1) is 22.3 Å². The van der Waals surface area contributed by atoms with Crippen molar-refractivity contribution in [3.63, 3.8) is 0 Å². The van der Waals surface area contributed by atoms with Crippen molar-refractivity contribution in [2.45, 2.75) is 12.5 Å². The molecule has 1 atom stereocenters. The summed E-state index contributed by atoms with van der Waals surface area (Å²) in [6.07, 6.45) is 2.15. The number of benzene rings is 2. The number of amides is 5. The molecule has 2 heterocycles. The molecule has 8 nitrogen and oxygen atoms in total. The molecule has 0 radical (unpaired) electrons. The highest BCUT2D eigenvalue weighted by molar-refractivity contribution is 7.98. The van der Waals surface area contributed by atoms with E-state index in [9.17, 15) is 24.0 Å². The van der Waals surface area contributed by atoms with Gasteiger partial charge in [0.1, 0.15) is 6.04 Å². The minimum Gasteiger partial charge on any atom is -0.324 e. The molecule has 5 amide bonds. The highest BCUT2D eigenvalue weighted by Crippen LogP contribution is 2.28. The first-order chi connectivity index (χ1) is 14.8. The van der Waals surface area contributed by atoms with Crippen molar-refractivity contribution in [1.29, 1.82) is 0 Å². The van der Waals surface area contributed by atoms with Crippen molar-refractivity contribution in [2.75, 3.05) is 24.4 Å². The lowest BCUT2D eigenvalue weighted by atomic mass is 10.1. The summed E-state index contributed by atoms with van der Waals surface area (Å²) in [5.74, 6) is -1.82. The van der Waals surface area contributed by atoms with Crippen LogP contribution < -0.4 is 5.32 Å². The van der Waals surface area contributed by atoms with E-state index in [1.54, 1.807) is 24.3 Å². The van der Waals surface area contributed by atoms with Crippen LogP contribution >= 0.6 is 11.8 Å². The van der Waals surface area contributed by atoms with Gasteiger partial charge in [-0.3, -0.25) is 33.8 Å². The number of fused-ring (bicyclic) bond motifs is 2. The fourth-order valence-electron chi connectivity index (χ4n) is 3.76. The van der Waals surface area contributed by atoms with Gasteiger partial charge in [0, 0.05) is 12.7 Å². The highest BCUT2D eigenvalue weighted by Gasteiger charge is 2.42. The zero-order valence-electron chi connectivity index (χ0n) is 16.9. The summed E-state index contributed by atoms with van der Waals surface area (Å²) in [7, 11) is 1.39. The van der Waals surface area contributed by atoms with Gasteiger partial charge < -0.3 is 5.32 Å². The Kier molecular flexibility index (Phi) is 5.36.